The highest BCUT2D eigenvalue weighted by atomic mass is 16.5. The van der Waals surface area contributed by atoms with E-state index in [1.807, 2.05) is 13.0 Å². The van der Waals surface area contributed by atoms with Crippen LogP contribution < -0.4 is 9.47 Å². The van der Waals surface area contributed by atoms with Gasteiger partial charge in [0.15, 0.2) is 11.5 Å². The second kappa shape index (κ2) is 4.89. The highest BCUT2D eigenvalue weighted by Gasteiger charge is 2.22. The van der Waals surface area contributed by atoms with Gasteiger partial charge < -0.3 is 9.47 Å². The second-order valence-corrected chi connectivity index (χ2v) is 3.96. The van der Waals surface area contributed by atoms with E-state index >= 15 is 0 Å². The van der Waals surface area contributed by atoms with Gasteiger partial charge in [-0.1, -0.05) is 0 Å². The van der Waals surface area contributed by atoms with Gasteiger partial charge in [0.05, 0.1) is 24.8 Å². The monoisotopic (exact) mass is 217 g/mol. The molecule has 1 aromatic rings. The summed E-state index contributed by atoms with van der Waals surface area (Å²) in [4.78, 5) is 0. The third-order valence-electron chi connectivity index (χ3n) is 2.54. The van der Waals surface area contributed by atoms with E-state index in [1.165, 1.54) is 12.8 Å². The molecule has 0 amide bonds. The first kappa shape index (κ1) is 10.8. The molecule has 1 aliphatic rings. The average Bonchev–Trinajstić information content (AvgIpc) is 3.11. The van der Waals surface area contributed by atoms with Crippen LogP contribution in [0.15, 0.2) is 18.2 Å². The van der Waals surface area contributed by atoms with Crippen molar-refractivity contribution in [2.24, 2.45) is 5.92 Å². The molecule has 2 rings (SSSR count). The van der Waals surface area contributed by atoms with E-state index in [2.05, 4.69) is 6.07 Å². The van der Waals surface area contributed by atoms with Crippen LogP contribution in [0, 0.1) is 17.2 Å². The summed E-state index contributed by atoms with van der Waals surface area (Å²) in [7, 11) is 0. The zero-order valence-electron chi connectivity index (χ0n) is 9.40. The van der Waals surface area contributed by atoms with Crippen LogP contribution >= 0.6 is 0 Å². The third kappa shape index (κ3) is 2.66. The number of ether oxygens (including phenoxy) is 2. The van der Waals surface area contributed by atoms with Gasteiger partial charge in [0.2, 0.25) is 0 Å². The molecule has 1 fully saturated rings. The van der Waals surface area contributed by atoms with Crippen LogP contribution in [0.1, 0.15) is 25.3 Å². The number of hydrogen-bond donors (Lipinski definition) is 0. The highest BCUT2D eigenvalue weighted by Crippen LogP contribution is 2.33. The molecular weight excluding hydrogens is 202 g/mol. The van der Waals surface area contributed by atoms with Crippen molar-refractivity contribution in [3.05, 3.63) is 23.8 Å². The molecule has 0 spiro atoms. The van der Waals surface area contributed by atoms with Crippen molar-refractivity contribution in [3.8, 4) is 17.6 Å². The summed E-state index contributed by atoms with van der Waals surface area (Å²) in [5.74, 6) is 2.13. The van der Waals surface area contributed by atoms with Crippen molar-refractivity contribution in [3.63, 3.8) is 0 Å². The minimum Gasteiger partial charge on any atom is -0.490 e. The number of rotatable bonds is 5. The number of hydrogen-bond acceptors (Lipinski definition) is 3. The van der Waals surface area contributed by atoms with Gasteiger partial charge in [-0.05, 0) is 37.8 Å². The zero-order chi connectivity index (χ0) is 11.4. The van der Waals surface area contributed by atoms with Gasteiger partial charge in [0.1, 0.15) is 0 Å². The van der Waals surface area contributed by atoms with E-state index in [1.54, 1.807) is 12.1 Å². The molecule has 0 heterocycles. The van der Waals surface area contributed by atoms with Gasteiger partial charge in [-0.2, -0.15) is 5.26 Å². The molecule has 16 heavy (non-hydrogen) atoms. The van der Waals surface area contributed by atoms with Crippen molar-refractivity contribution < 1.29 is 9.47 Å². The highest BCUT2D eigenvalue weighted by molar-refractivity contribution is 5.46. The van der Waals surface area contributed by atoms with Gasteiger partial charge in [-0.3, -0.25) is 0 Å². The topological polar surface area (TPSA) is 42.2 Å². The Hall–Kier alpha value is -1.69. The Balaban J connectivity index is 2.10. The molecule has 1 aliphatic carbocycles. The summed E-state index contributed by atoms with van der Waals surface area (Å²) in [6.07, 6.45) is 2.53. The maximum Gasteiger partial charge on any atom is 0.162 e. The Morgan fingerprint density at radius 3 is 2.75 bits per heavy atom. The van der Waals surface area contributed by atoms with Crippen molar-refractivity contribution in [1.82, 2.24) is 0 Å². The Morgan fingerprint density at radius 2 is 2.12 bits per heavy atom. The molecule has 3 nitrogen and oxygen atoms in total. The lowest BCUT2D eigenvalue weighted by atomic mass is 10.2. The van der Waals surface area contributed by atoms with Crippen LogP contribution in [-0.4, -0.2) is 13.2 Å². The normalized spacial score (nSPS) is 14.2. The van der Waals surface area contributed by atoms with E-state index in [9.17, 15) is 0 Å². The quantitative estimate of drug-likeness (QED) is 0.761. The van der Waals surface area contributed by atoms with Gasteiger partial charge in [0, 0.05) is 6.07 Å². The fraction of sp³-hybridized carbons (Fsp3) is 0.462. The summed E-state index contributed by atoms with van der Waals surface area (Å²) >= 11 is 0. The van der Waals surface area contributed by atoms with Crippen LogP contribution in [0.4, 0.5) is 0 Å². The van der Waals surface area contributed by atoms with E-state index < -0.39 is 0 Å². The van der Waals surface area contributed by atoms with Crippen LogP contribution in [0.3, 0.4) is 0 Å². The lowest BCUT2D eigenvalue weighted by Crippen LogP contribution is -2.02. The van der Waals surface area contributed by atoms with Gasteiger partial charge in [0.25, 0.3) is 0 Å². The number of nitriles is 1. The molecule has 1 aromatic carbocycles. The van der Waals surface area contributed by atoms with E-state index in [0.29, 0.717) is 23.8 Å². The summed E-state index contributed by atoms with van der Waals surface area (Å²) in [5, 5.41) is 8.80. The van der Waals surface area contributed by atoms with Crippen LogP contribution in [-0.2, 0) is 0 Å². The van der Waals surface area contributed by atoms with Crippen LogP contribution in [0.5, 0.6) is 11.5 Å². The fourth-order valence-corrected chi connectivity index (χ4v) is 1.46. The molecule has 0 bridgehead atoms. The predicted octanol–water partition coefficient (Wildman–Crippen LogP) is 2.75. The molecule has 0 N–H and O–H groups in total. The Labute approximate surface area is 95.6 Å². The molecule has 0 atom stereocenters. The third-order valence-corrected chi connectivity index (χ3v) is 2.54. The predicted molar refractivity (Wildman–Crippen MR) is 60.5 cm³/mol. The first-order valence-electron chi connectivity index (χ1n) is 5.63. The first-order valence-corrected chi connectivity index (χ1v) is 5.63. The maximum absolute atomic E-state index is 8.80. The van der Waals surface area contributed by atoms with Gasteiger partial charge >= 0.3 is 0 Å². The maximum atomic E-state index is 8.80. The molecule has 0 radical (unpaired) electrons. The van der Waals surface area contributed by atoms with Crippen molar-refractivity contribution in [2.75, 3.05) is 13.2 Å². The zero-order valence-corrected chi connectivity index (χ0v) is 9.40. The molecule has 3 heteroatoms. The molecule has 0 aromatic heterocycles. The molecule has 0 aliphatic heterocycles. The Bertz CT molecular complexity index is 405. The smallest absolute Gasteiger partial charge is 0.162 e. The van der Waals surface area contributed by atoms with E-state index in [4.69, 9.17) is 14.7 Å². The minimum atomic E-state index is 0.578. The van der Waals surface area contributed by atoms with Crippen molar-refractivity contribution >= 4 is 0 Å². The Kier molecular flexibility index (Phi) is 3.31. The minimum absolute atomic E-state index is 0.578. The van der Waals surface area contributed by atoms with Crippen LogP contribution in [0.2, 0.25) is 0 Å². The first-order chi connectivity index (χ1) is 7.83. The van der Waals surface area contributed by atoms with E-state index in [0.717, 1.165) is 12.4 Å². The lowest BCUT2D eigenvalue weighted by Gasteiger charge is -2.11. The van der Waals surface area contributed by atoms with Gasteiger partial charge in [-0.25, -0.2) is 0 Å². The summed E-state index contributed by atoms with van der Waals surface area (Å²) < 4.78 is 11.1. The van der Waals surface area contributed by atoms with Crippen LogP contribution in [0.25, 0.3) is 0 Å². The second-order valence-electron chi connectivity index (χ2n) is 3.96. The number of benzene rings is 1. The molecule has 84 valence electrons. The Morgan fingerprint density at radius 1 is 1.31 bits per heavy atom. The summed E-state index contributed by atoms with van der Waals surface area (Å²) in [6, 6.07) is 7.39. The summed E-state index contributed by atoms with van der Waals surface area (Å²) in [5.41, 5.74) is 0.599. The largest absolute Gasteiger partial charge is 0.490 e. The summed E-state index contributed by atoms with van der Waals surface area (Å²) in [6.45, 7) is 3.25. The van der Waals surface area contributed by atoms with Crippen molar-refractivity contribution in [1.29, 1.82) is 5.26 Å². The number of nitrogens with zero attached hydrogens (tertiary/aromatic N) is 1. The SMILES string of the molecule is CCOc1cc(C#N)ccc1OCC1CC1. The average molecular weight is 217 g/mol. The van der Waals surface area contributed by atoms with E-state index in [-0.39, 0.29) is 0 Å². The van der Waals surface area contributed by atoms with Crippen molar-refractivity contribution in [2.45, 2.75) is 19.8 Å². The fourth-order valence-electron chi connectivity index (χ4n) is 1.46. The molecule has 0 saturated heterocycles. The molecule has 0 unspecified atom stereocenters. The standard InChI is InChI=1S/C13H15NO2/c1-2-15-13-7-11(8-14)5-6-12(13)16-9-10-3-4-10/h5-7,10H,2-4,9H2,1H3. The molecular formula is C13H15NO2. The molecule has 1 saturated carbocycles. The van der Waals surface area contributed by atoms with Gasteiger partial charge in [-0.15, -0.1) is 0 Å². The lowest BCUT2D eigenvalue weighted by molar-refractivity contribution is 0.267.